The van der Waals surface area contributed by atoms with Crippen molar-refractivity contribution >= 4 is 11.5 Å². The number of rotatable bonds is 3. The van der Waals surface area contributed by atoms with Crippen LogP contribution in [0.4, 0.5) is 11.5 Å². The van der Waals surface area contributed by atoms with E-state index in [9.17, 15) is 0 Å². The van der Waals surface area contributed by atoms with E-state index in [-0.39, 0.29) is 0 Å². The summed E-state index contributed by atoms with van der Waals surface area (Å²) in [6.45, 7) is 2.46. The van der Waals surface area contributed by atoms with Crippen LogP contribution in [0.5, 0.6) is 0 Å². The molecule has 0 spiro atoms. The first-order chi connectivity index (χ1) is 7.65. The Morgan fingerprint density at radius 3 is 2.88 bits per heavy atom. The van der Waals surface area contributed by atoms with Crippen LogP contribution in [0.15, 0.2) is 18.6 Å². The van der Waals surface area contributed by atoms with Crippen LogP contribution in [0.2, 0.25) is 0 Å². The fourth-order valence-electron chi connectivity index (χ4n) is 1.27. The highest BCUT2D eigenvalue weighted by Gasteiger charge is 2.01. The molecule has 16 heavy (non-hydrogen) atoms. The number of anilines is 2. The number of hydrogen-bond donors (Lipinski definition) is 2. The van der Waals surface area contributed by atoms with Gasteiger partial charge in [0.1, 0.15) is 12.1 Å². The van der Waals surface area contributed by atoms with E-state index >= 15 is 0 Å². The summed E-state index contributed by atoms with van der Waals surface area (Å²) >= 11 is 0. The molecule has 6 heteroatoms. The number of nitrogens with two attached hydrogens (primary N) is 1. The average molecular weight is 218 g/mol. The second kappa shape index (κ2) is 4.18. The third-order valence-corrected chi connectivity index (χ3v) is 2.22. The van der Waals surface area contributed by atoms with E-state index in [4.69, 9.17) is 5.73 Å². The van der Waals surface area contributed by atoms with E-state index in [1.54, 1.807) is 23.3 Å². The average Bonchev–Trinajstić information content (AvgIpc) is 2.66. The van der Waals surface area contributed by atoms with Crippen molar-refractivity contribution in [2.75, 3.05) is 11.1 Å². The Labute approximate surface area is 93.5 Å². The van der Waals surface area contributed by atoms with Crippen molar-refractivity contribution in [3.05, 3.63) is 30.0 Å². The SMILES string of the molecule is Cc1cnc(NCc2ncn(C)n2)cc1N. The molecule has 3 N–H and O–H groups in total. The van der Waals surface area contributed by atoms with Crippen molar-refractivity contribution < 1.29 is 0 Å². The zero-order chi connectivity index (χ0) is 11.5. The summed E-state index contributed by atoms with van der Waals surface area (Å²) in [7, 11) is 1.83. The lowest BCUT2D eigenvalue weighted by Crippen LogP contribution is -2.04. The van der Waals surface area contributed by atoms with Crippen molar-refractivity contribution in [2.24, 2.45) is 7.05 Å². The second-order valence-electron chi connectivity index (χ2n) is 3.61. The van der Waals surface area contributed by atoms with Gasteiger partial charge in [-0.05, 0) is 12.5 Å². The first-order valence-electron chi connectivity index (χ1n) is 4.95. The number of aryl methyl sites for hydroxylation is 2. The summed E-state index contributed by atoms with van der Waals surface area (Å²) in [5.41, 5.74) is 7.48. The quantitative estimate of drug-likeness (QED) is 0.793. The Morgan fingerprint density at radius 2 is 2.25 bits per heavy atom. The summed E-state index contributed by atoms with van der Waals surface area (Å²) in [6, 6.07) is 1.80. The van der Waals surface area contributed by atoms with E-state index in [0.717, 1.165) is 22.9 Å². The van der Waals surface area contributed by atoms with Crippen LogP contribution in [-0.4, -0.2) is 19.7 Å². The van der Waals surface area contributed by atoms with E-state index in [1.807, 2.05) is 14.0 Å². The minimum atomic E-state index is 0.538. The van der Waals surface area contributed by atoms with Gasteiger partial charge in [0, 0.05) is 25.0 Å². The Kier molecular flexibility index (Phi) is 2.72. The number of nitrogens with one attached hydrogen (secondary N) is 1. The maximum Gasteiger partial charge on any atom is 0.169 e. The summed E-state index contributed by atoms with van der Waals surface area (Å²) in [6.07, 6.45) is 3.40. The summed E-state index contributed by atoms with van der Waals surface area (Å²) in [4.78, 5) is 8.31. The van der Waals surface area contributed by atoms with E-state index in [0.29, 0.717) is 6.54 Å². The Balaban J connectivity index is 2.02. The van der Waals surface area contributed by atoms with Crippen LogP contribution in [0.25, 0.3) is 0 Å². The summed E-state index contributed by atoms with van der Waals surface area (Å²) < 4.78 is 1.66. The van der Waals surface area contributed by atoms with Crippen molar-refractivity contribution in [2.45, 2.75) is 13.5 Å². The first-order valence-corrected chi connectivity index (χ1v) is 4.95. The molecule has 2 aromatic heterocycles. The number of pyridine rings is 1. The van der Waals surface area contributed by atoms with Gasteiger partial charge in [-0.2, -0.15) is 5.10 Å². The summed E-state index contributed by atoms with van der Waals surface area (Å²) in [5.74, 6) is 1.46. The van der Waals surface area contributed by atoms with Crippen LogP contribution in [0, 0.1) is 6.92 Å². The lowest BCUT2D eigenvalue weighted by Gasteiger charge is -2.05. The maximum atomic E-state index is 5.78. The molecule has 2 rings (SSSR count). The van der Waals surface area contributed by atoms with Crippen LogP contribution in [-0.2, 0) is 13.6 Å². The maximum absolute atomic E-state index is 5.78. The molecule has 0 unspecified atom stereocenters. The number of nitrogen functional groups attached to an aromatic ring is 1. The van der Waals surface area contributed by atoms with Gasteiger partial charge in [0.15, 0.2) is 5.82 Å². The highest BCUT2D eigenvalue weighted by Crippen LogP contribution is 2.13. The normalized spacial score (nSPS) is 10.4. The fourth-order valence-corrected chi connectivity index (χ4v) is 1.27. The molecule has 0 atom stereocenters. The summed E-state index contributed by atoms with van der Waals surface area (Å²) in [5, 5.41) is 7.26. The molecule has 0 bridgehead atoms. The molecule has 84 valence electrons. The number of nitrogens with zero attached hydrogens (tertiary/aromatic N) is 4. The van der Waals surface area contributed by atoms with E-state index in [2.05, 4.69) is 20.4 Å². The molecular formula is C10H14N6. The zero-order valence-electron chi connectivity index (χ0n) is 9.31. The monoisotopic (exact) mass is 218 g/mol. The first kappa shape index (κ1) is 10.4. The molecule has 0 amide bonds. The fraction of sp³-hybridized carbons (Fsp3) is 0.300. The molecule has 0 aromatic carbocycles. The van der Waals surface area contributed by atoms with Crippen LogP contribution < -0.4 is 11.1 Å². The van der Waals surface area contributed by atoms with Gasteiger partial charge in [-0.1, -0.05) is 0 Å². The number of hydrogen-bond acceptors (Lipinski definition) is 5. The highest BCUT2D eigenvalue weighted by molar-refractivity contribution is 5.53. The van der Waals surface area contributed by atoms with Crippen molar-refractivity contribution in [3.63, 3.8) is 0 Å². The van der Waals surface area contributed by atoms with Crippen molar-refractivity contribution in [3.8, 4) is 0 Å². The van der Waals surface area contributed by atoms with Crippen LogP contribution in [0.1, 0.15) is 11.4 Å². The standard InChI is InChI=1S/C10H14N6/c1-7-4-12-9(3-8(7)11)13-5-10-14-6-16(2)15-10/h3-4,6H,5H2,1-2H3,(H3,11,12,13). The molecule has 0 radical (unpaired) electrons. The Bertz CT molecular complexity index is 490. The third kappa shape index (κ3) is 2.28. The molecule has 0 saturated heterocycles. The van der Waals surface area contributed by atoms with Gasteiger partial charge in [0.25, 0.3) is 0 Å². The molecule has 2 heterocycles. The molecule has 6 nitrogen and oxygen atoms in total. The molecule has 0 aliphatic rings. The smallest absolute Gasteiger partial charge is 0.169 e. The molecular weight excluding hydrogens is 204 g/mol. The largest absolute Gasteiger partial charge is 0.398 e. The zero-order valence-corrected chi connectivity index (χ0v) is 9.31. The van der Waals surface area contributed by atoms with Gasteiger partial charge < -0.3 is 11.1 Å². The second-order valence-corrected chi connectivity index (χ2v) is 3.61. The number of aromatic nitrogens is 4. The predicted molar refractivity (Wildman–Crippen MR) is 61.7 cm³/mol. The predicted octanol–water partition coefficient (Wildman–Crippen LogP) is 0.713. The van der Waals surface area contributed by atoms with E-state index in [1.165, 1.54) is 0 Å². The van der Waals surface area contributed by atoms with Gasteiger partial charge in [-0.3, -0.25) is 4.68 Å². The van der Waals surface area contributed by atoms with Crippen molar-refractivity contribution in [1.29, 1.82) is 0 Å². The highest BCUT2D eigenvalue weighted by atomic mass is 15.3. The lowest BCUT2D eigenvalue weighted by molar-refractivity contribution is 0.747. The van der Waals surface area contributed by atoms with Gasteiger partial charge in [-0.25, -0.2) is 9.97 Å². The van der Waals surface area contributed by atoms with Gasteiger partial charge in [-0.15, -0.1) is 0 Å². The molecule has 0 aliphatic carbocycles. The van der Waals surface area contributed by atoms with Crippen LogP contribution >= 0.6 is 0 Å². The molecule has 0 saturated carbocycles. The van der Waals surface area contributed by atoms with Gasteiger partial charge in [0.05, 0.1) is 6.54 Å². The Hall–Kier alpha value is -2.11. The molecule has 2 aromatic rings. The van der Waals surface area contributed by atoms with E-state index < -0.39 is 0 Å². The Morgan fingerprint density at radius 1 is 1.44 bits per heavy atom. The van der Waals surface area contributed by atoms with Crippen LogP contribution in [0.3, 0.4) is 0 Å². The lowest BCUT2D eigenvalue weighted by atomic mass is 10.2. The molecule has 0 aliphatic heterocycles. The molecule has 0 fully saturated rings. The minimum absolute atomic E-state index is 0.538. The third-order valence-electron chi connectivity index (χ3n) is 2.22. The van der Waals surface area contributed by atoms with Gasteiger partial charge in [0.2, 0.25) is 0 Å². The van der Waals surface area contributed by atoms with Crippen molar-refractivity contribution in [1.82, 2.24) is 19.7 Å². The minimum Gasteiger partial charge on any atom is -0.398 e. The van der Waals surface area contributed by atoms with Gasteiger partial charge >= 0.3 is 0 Å². The topological polar surface area (TPSA) is 81.7 Å².